The number of nitrogens with zero attached hydrogens (tertiary/aromatic N) is 5. The average molecular weight is 206 g/mol. The Morgan fingerprint density at radius 2 is 1.87 bits per heavy atom. The van der Waals surface area contributed by atoms with E-state index in [1.165, 1.54) is 0 Å². The van der Waals surface area contributed by atoms with Crippen LogP contribution in [-0.4, -0.2) is 38.5 Å². The number of aromatic nitrogens is 5. The number of rotatable bonds is 3. The highest BCUT2D eigenvalue weighted by atomic mass is 15.4. The van der Waals surface area contributed by atoms with Crippen molar-refractivity contribution in [2.75, 3.05) is 18.0 Å². The first-order valence-corrected chi connectivity index (χ1v) is 5.06. The predicted molar refractivity (Wildman–Crippen MR) is 57.8 cm³/mol. The molecule has 0 saturated carbocycles. The number of aromatic amines is 1. The lowest BCUT2D eigenvalue weighted by molar-refractivity contribution is 0.821. The molecule has 0 fully saturated rings. The van der Waals surface area contributed by atoms with Crippen molar-refractivity contribution in [1.82, 2.24) is 25.4 Å². The molecule has 0 atom stereocenters. The zero-order valence-corrected chi connectivity index (χ0v) is 9.15. The Kier molecular flexibility index (Phi) is 2.49. The fourth-order valence-corrected chi connectivity index (χ4v) is 1.52. The van der Waals surface area contributed by atoms with E-state index in [9.17, 15) is 0 Å². The third kappa shape index (κ3) is 1.62. The quantitative estimate of drug-likeness (QED) is 0.808. The van der Waals surface area contributed by atoms with Crippen LogP contribution in [0.25, 0.3) is 11.2 Å². The molecule has 0 unspecified atom stereocenters. The molecule has 0 spiro atoms. The highest BCUT2D eigenvalue weighted by Crippen LogP contribution is 2.14. The number of hydrogen-bond acceptors (Lipinski definition) is 5. The van der Waals surface area contributed by atoms with Gasteiger partial charge < -0.3 is 4.90 Å². The van der Waals surface area contributed by atoms with Gasteiger partial charge in [0.25, 0.3) is 0 Å². The molecule has 2 rings (SSSR count). The van der Waals surface area contributed by atoms with Crippen molar-refractivity contribution in [3.63, 3.8) is 0 Å². The maximum absolute atomic E-state index is 4.41. The molecule has 0 amide bonds. The minimum Gasteiger partial charge on any atom is -0.341 e. The summed E-state index contributed by atoms with van der Waals surface area (Å²) in [6.45, 7) is 7.85. The maximum atomic E-state index is 4.41. The molecule has 2 heterocycles. The van der Waals surface area contributed by atoms with Gasteiger partial charge in [0.05, 0.1) is 5.69 Å². The van der Waals surface area contributed by atoms with Gasteiger partial charge >= 0.3 is 0 Å². The molecular weight excluding hydrogens is 192 g/mol. The largest absolute Gasteiger partial charge is 0.341 e. The molecule has 2 aromatic heterocycles. The Balaban J connectivity index is 2.52. The first kappa shape index (κ1) is 9.82. The minimum atomic E-state index is 0.629. The summed E-state index contributed by atoms with van der Waals surface area (Å²) in [4.78, 5) is 10.8. The standard InChI is InChI=1S/C9H14N6/c1-4-15(5-2)9-10-6(3)7-8(11-9)13-14-12-7/h4-5H2,1-3H3,(H,10,11,12,13,14). The molecule has 0 aromatic carbocycles. The summed E-state index contributed by atoms with van der Waals surface area (Å²) in [6.07, 6.45) is 0. The Morgan fingerprint density at radius 3 is 2.53 bits per heavy atom. The zero-order valence-electron chi connectivity index (χ0n) is 9.15. The molecule has 0 bridgehead atoms. The van der Waals surface area contributed by atoms with Gasteiger partial charge in [-0.3, -0.25) is 0 Å². The molecule has 6 heteroatoms. The molecule has 6 nitrogen and oxygen atoms in total. The maximum Gasteiger partial charge on any atom is 0.227 e. The van der Waals surface area contributed by atoms with Crippen molar-refractivity contribution in [1.29, 1.82) is 0 Å². The Hall–Kier alpha value is -1.72. The van der Waals surface area contributed by atoms with Crippen LogP contribution in [0.2, 0.25) is 0 Å². The molecule has 0 aliphatic carbocycles. The van der Waals surface area contributed by atoms with Gasteiger partial charge in [0.2, 0.25) is 11.6 Å². The summed E-state index contributed by atoms with van der Waals surface area (Å²) in [6, 6.07) is 0. The number of nitrogens with one attached hydrogen (secondary N) is 1. The van der Waals surface area contributed by atoms with E-state index in [1.807, 2.05) is 6.92 Å². The minimum absolute atomic E-state index is 0.629. The van der Waals surface area contributed by atoms with Crippen molar-refractivity contribution in [2.45, 2.75) is 20.8 Å². The first-order valence-electron chi connectivity index (χ1n) is 5.06. The molecule has 1 N–H and O–H groups in total. The van der Waals surface area contributed by atoms with Crippen molar-refractivity contribution in [2.24, 2.45) is 0 Å². The fourth-order valence-electron chi connectivity index (χ4n) is 1.52. The van der Waals surface area contributed by atoms with Crippen molar-refractivity contribution >= 4 is 17.1 Å². The Labute approximate surface area is 87.7 Å². The SMILES string of the molecule is CCN(CC)c1nc(C)c2n[nH]nc2n1. The Bertz CT molecular complexity index is 459. The van der Waals surface area contributed by atoms with E-state index in [0.29, 0.717) is 5.65 Å². The van der Waals surface area contributed by atoms with Gasteiger partial charge in [0.1, 0.15) is 0 Å². The van der Waals surface area contributed by atoms with Crippen molar-refractivity contribution in [3.05, 3.63) is 5.69 Å². The van der Waals surface area contributed by atoms with Gasteiger partial charge in [-0.05, 0) is 20.8 Å². The van der Waals surface area contributed by atoms with E-state index in [-0.39, 0.29) is 0 Å². The number of H-pyrrole nitrogens is 1. The van der Waals surface area contributed by atoms with Crippen molar-refractivity contribution in [3.8, 4) is 0 Å². The third-order valence-corrected chi connectivity index (χ3v) is 2.39. The van der Waals surface area contributed by atoms with Crippen LogP contribution in [0.15, 0.2) is 0 Å². The first-order chi connectivity index (χ1) is 7.26. The van der Waals surface area contributed by atoms with Crippen LogP contribution in [-0.2, 0) is 0 Å². The summed E-state index contributed by atoms with van der Waals surface area (Å²) >= 11 is 0. The highest BCUT2D eigenvalue weighted by Gasteiger charge is 2.11. The normalized spacial score (nSPS) is 10.9. The van der Waals surface area contributed by atoms with E-state index < -0.39 is 0 Å². The van der Waals surface area contributed by atoms with Gasteiger partial charge in [-0.2, -0.15) is 15.3 Å². The predicted octanol–water partition coefficient (Wildman–Crippen LogP) is 0.903. The van der Waals surface area contributed by atoms with Crippen LogP contribution in [0.4, 0.5) is 5.95 Å². The van der Waals surface area contributed by atoms with E-state index in [2.05, 4.69) is 44.1 Å². The molecule has 2 aromatic rings. The number of anilines is 1. The highest BCUT2D eigenvalue weighted by molar-refractivity contribution is 5.72. The monoisotopic (exact) mass is 206 g/mol. The van der Waals surface area contributed by atoms with E-state index in [1.54, 1.807) is 0 Å². The molecule has 0 aliphatic rings. The van der Waals surface area contributed by atoms with Gasteiger partial charge in [0.15, 0.2) is 5.52 Å². The number of fused-ring (bicyclic) bond motifs is 1. The smallest absolute Gasteiger partial charge is 0.227 e. The fraction of sp³-hybridized carbons (Fsp3) is 0.556. The summed E-state index contributed by atoms with van der Waals surface area (Å²) in [5, 5.41) is 10.5. The topological polar surface area (TPSA) is 70.6 Å². The molecule has 15 heavy (non-hydrogen) atoms. The van der Waals surface area contributed by atoms with Gasteiger partial charge in [-0.1, -0.05) is 0 Å². The third-order valence-electron chi connectivity index (χ3n) is 2.39. The van der Waals surface area contributed by atoms with Crippen molar-refractivity contribution < 1.29 is 0 Å². The lowest BCUT2D eigenvalue weighted by Crippen LogP contribution is -2.24. The molecule has 0 saturated heterocycles. The van der Waals surface area contributed by atoms with Gasteiger partial charge in [-0.15, -0.1) is 5.10 Å². The van der Waals surface area contributed by atoms with Crippen LogP contribution in [0.5, 0.6) is 0 Å². The second-order valence-electron chi connectivity index (χ2n) is 3.28. The Morgan fingerprint density at radius 1 is 1.13 bits per heavy atom. The molecule has 0 aliphatic heterocycles. The summed E-state index contributed by atoms with van der Waals surface area (Å²) in [5.74, 6) is 0.721. The zero-order chi connectivity index (χ0) is 10.8. The van der Waals surface area contributed by atoms with E-state index in [0.717, 1.165) is 30.2 Å². The second kappa shape index (κ2) is 3.80. The van der Waals surface area contributed by atoms with E-state index >= 15 is 0 Å². The molecule has 80 valence electrons. The lowest BCUT2D eigenvalue weighted by Gasteiger charge is -2.18. The van der Waals surface area contributed by atoms with Crippen LogP contribution in [0.1, 0.15) is 19.5 Å². The number of aryl methyl sites for hydroxylation is 1. The van der Waals surface area contributed by atoms with Gasteiger partial charge in [-0.25, -0.2) is 4.98 Å². The van der Waals surface area contributed by atoms with Crippen LogP contribution >= 0.6 is 0 Å². The lowest BCUT2D eigenvalue weighted by atomic mass is 10.4. The molecular formula is C9H14N6. The van der Waals surface area contributed by atoms with E-state index in [4.69, 9.17) is 0 Å². The summed E-state index contributed by atoms with van der Waals surface area (Å²) < 4.78 is 0. The van der Waals surface area contributed by atoms with Crippen LogP contribution < -0.4 is 4.90 Å². The average Bonchev–Trinajstić information content (AvgIpc) is 2.68. The second-order valence-corrected chi connectivity index (χ2v) is 3.28. The van der Waals surface area contributed by atoms with Crippen LogP contribution in [0.3, 0.4) is 0 Å². The molecule has 0 radical (unpaired) electrons. The summed E-state index contributed by atoms with van der Waals surface area (Å²) in [5.41, 5.74) is 2.23. The summed E-state index contributed by atoms with van der Waals surface area (Å²) in [7, 11) is 0. The number of hydrogen-bond donors (Lipinski definition) is 1. The van der Waals surface area contributed by atoms with Crippen LogP contribution in [0, 0.1) is 6.92 Å². The van der Waals surface area contributed by atoms with Gasteiger partial charge in [0, 0.05) is 13.1 Å².